The molecule has 2 heterocycles. The summed E-state index contributed by atoms with van der Waals surface area (Å²) in [6.45, 7) is 1.41. The highest BCUT2D eigenvalue weighted by Crippen LogP contribution is 2.36. The molecule has 0 aliphatic rings. The largest absolute Gasteiger partial charge is 0.462 e. The molecule has 0 aliphatic heterocycles. The Morgan fingerprint density at radius 1 is 1.17 bits per heavy atom. The monoisotopic (exact) mass is 491 g/mol. The van der Waals surface area contributed by atoms with E-state index in [2.05, 4.69) is 26.3 Å². The molecule has 0 spiro atoms. The molecule has 0 saturated carbocycles. The van der Waals surface area contributed by atoms with Crippen LogP contribution in [-0.2, 0) is 21.3 Å². The number of anilines is 1. The van der Waals surface area contributed by atoms with E-state index < -0.39 is 24.5 Å². The summed E-state index contributed by atoms with van der Waals surface area (Å²) >= 11 is 4.60. The molecule has 8 nitrogen and oxygen atoms in total. The molecule has 10 heteroatoms. The summed E-state index contributed by atoms with van der Waals surface area (Å²) in [5.41, 5.74) is 1.43. The summed E-state index contributed by atoms with van der Waals surface area (Å²) in [6, 6.07) is 9.25. The molecular formula is C20H18BrN3O5S. The molecule has 1 aromatic carbocycles. The van der Waals surface area contributed by atoms with E-state index in [1.54, 1.807) is 20.0 Å². The number of amides is 1. The lowest BCUT2D eigenvalue weighted by molar-refractivity contribution is -0.119. The number of halogens is 1. The zero-order valence-corrected chi connectivity index (χ0v) is 18.6. The first-order valence-corrected chi connectivity index (χ1v) is 10.5. The van der Waals surface area contributed by atoms with Crippen molar-refractivity contribution in [3.05, 3.63) is 57.6 Å². The fourth-order valence-corrected chi connectivity index (χ4v) is 3.79. The van der Waals surface area contributed by atoms with Crippen molar-refractivity contribution in [3.8, 4) is 10.4 Å². The van der Waals surface area contributed by atoms with Gasteiger partial charge in [0.25, 0.3) is 5.91 Å². The van der Waals surface area contributed by atoms with Crippen LogP contribution in [0.2, 0.25) is 0 Å². The fourth-order valence-electron chi connectivity index (χ4n) is 2.52. The number of benzene rings is 1. The minimum absolute atomic E-state index is 0.209. The van der Waals surface area contributed by atoms with Gasteiger partial charge < -0.3 is 14.8 Å². The Kier molecular flexibility index (Phi) is 7.01. The van der Waals surface area contributed by atoms with Gasteiger partial charge in [-0.25, -0.2) is 9.59 Å². The number of hydrogen-bond acceptors (Lipinski definition) is 7. The Labute approximate surface area is 184 Å². The van der Waals surface area contributed by atoms with Gasteiger partial charge >= 0.3 is 11.9 Å². The van der Waals surface area contributed by atoms with E-state index in [1.165, 1.54) is 28.4 Å². The van der Waals surface area contributed by atoms with Crippen LogP contribution >= 0.6 is 27.3 Å². The van der Waals surface area contributed by atoms with Gasteiger partial charge in [-0.3, -0.25) is 9.48 Å². The van der Waals surface area contributed by atoms with Gasteiger partial charge in [0, 0.05) is 22.6 Å². The molecular weight excluding hydrogens is 474 g/mol. The van der Waals surface area contributed by atoms with E-state index in [9.17, 15) is 14.4 Å². The van der Waals surface area contributed by atoms with Crippen molar-refractivity contribution in [1.29, 1.82) is 0 Å². The smallest absolute Gasteiger partial charge is 0.350 e. The highest BCUT2D eigenvalue weighted by atomic mass is 79.9. The molecule has 156 valence electrons. The van der Waals surface area contributed by atoms with Crippen LogP contribution in [0.15, 0.2) is 47.2 Å². The first-order chi connectivity index (χ1) is 14.4. The summed E-state index contributed by atoms with van der Waals surface area (Å²) in [5.74, 6) is -1.77. The molecule has 2 aromatic heterocycles. The normalized spacial score (nSPS) is 10.5. The van der Waals surface area contributed by atoms with Crippen LogP contribution in [0.5, 0.6) is 0 Å². The SMILES string of the molecule is CCOC(=O)c1sc(-c2ccc(Br)cc2)cc1NC(=O)COC(=O)c1cnn(C)c1. The van der Waals surface area contributed by atoms with E-state index in [1.807, 2.05) is 24.3 Å². The first kappa shape index (κ1) is 21.7. The molecule has 0 aliphatic carbocycles. The average Bonchev–Trinajstić information content (AvgIpc) is 3.33. The number of ether oxygens (including phenoxy) is 2. The number of carbonyl (C=O) groups is 3. The van der Waals surface area contributed by atoms with Crippen LogP contribution < -0.4 is 5.32 Å². The second-order valence-electron chi connectivity index (χ2n) is 6.11. The highest BCUT2D eigenvalue weighted by molar-refractivity contribution is 9.10. The lowest BCUT2D eigenvalue weighted by atomic mass is 10.2. The Hall–Kier alpha value is -2.98. The molecule has 1 N–H and O–H groups in total. The zero-order chi connectivity index (χ0) is 21.7. The predicted octanol–water partition coefficient (Wildman–Crippen LogP) is 3.88. The van der Waals surface area contributed by atoms with E-state index in [-0.39, 0.29) is 17.0 Å². The van der Waals surface area contributed by atoms with Crippen molar-refractivity contribution in [1.82, 2.24) is 9.78 Å². The third-order valence-electron chi connectivity index (χ3n) is 3.87. The van der Waals surface area contributed by atoms with Gasteiger partial charge in [0.15, 0.2) is 6.61 Å². The highest BCUT2D eigenvalue weighted by Gasteiger charge is 2.21. The van der Waals surface area contributed by atoms with Gasteiger partial charge in [0.2, 0.25) is 0 Å². The van der Waals surface area contributed by atoms with Crippen LogP contribution in [0.1, 0.15) is 27.0 Å². The molecule has 0 fully saturated rings. The molecule has 3 rings (SSSR count). The fraction of sp³-hybridized carbons (Fsp3) is 0.200. The van der Waals surface area contributed by atoms with Crippen LogP contribution in [0.4, 0.5) is 5.69 Å². The van der Waals surface area contributed by atoms with Crippen LogP contribution in [-0.4, -0.2) is 40.8 Å². The summed E-state index contributed by atoms with van der Waals surface area (Å²) in [6.07, 6.45) is 2.84. The lowest BCUT2D eigenvalue weighted by Gasteiger charge is -2.06. The van der Waals surface area contributed by atoms with Crippen molar-refractivity contribution in [2.75, 3.05) is 18.5 Å². The van der Waals surface area contributed by atoms with Gasteiger partial charge in [0.05, 0.1) is 24.1 Å². The Bertz CT molecular complexity index is 1070. The molecule has 0 unspecified atom stereocenters. The Morgan fingerprint density at radius 3 is 2.53 bits per heavy atom. The number of aromatic nitrogens is 2. The molecule has 0 bridgehead atoms. The maximum Gasteiger partial charge on any atom is 0.350 e. The van der Waals surface area contributed by atoms with E-state index >= 15 is 0 Å². The van der Waals surface area contributed by atoms with Crippen LogP contribution in [0, 0.1) is 0 Å². The average molecular weight is 492 g/mol. The van der Waals surface area contributed by atoms with E-state index in [0.717, 1.165) is 14.9 Å². The number of hydrogen-bond donors (Lipinski definition) is 1. The number of carbonyl (C=O) groups excluding carboxylic acids is 3. The summed E-state index contributed by atoms with van der Waals surface area (Å²) in [5, 5.41) is 6.51. The predicted molar refractivity (Wildman–Crippen MR) is 116 cm³/mol. The van der Waals surface area contributed by atoms with E-state index in [0.29, 0.717) is 5.69 Å². The van der Waals surface area contributed by atoms with E-state index in [4.69, 9.17) is 9.47 Å². The topological polar surface area (TPSA) is 99.5 Å². The number of esters is 2. The van der Waals surface area contributed by atoms with Crippen LogP contribution in [0.3, 0.4) is 0 Å². The van der Waals surface area contributed by atoms with Gasteiger partial charge in [-0.05, 0) is 30.7 Å². The van der Waals surface area contributed by atoms with Crippen molar-refractivity contribution < 1.29 is 23.9 Å². The number of nitrogens with one attached hydrogen (secondary N) is 1. The van der Waals surface area contributed by atoms with Crippen LogP contribution in [0.25, 0.3) is 10.4 Å². The van der Waals surface area contributed by atoms with Crippen molar-refractivity contribution in [2.24, 2.45) is 7.05 Å². The zero-order valence-electron chi connectivity index (χ0n) is 16.2. The molecule has 3 aromatic rings. The molecule has 0 atom stereocenters. The maximum atomic E-state index is 12.3. The first-order valence-electron chi connectivity index (χ1n) is 8.90. The maximum absolute atomic E-state index is 12.3. The standard InChI is InChI=1S/C20H18BrN3O5S/c1-3-28-20(27)18-15(8-16(30-18)12-4-6-14(21)7-5-12)23-17(25)11-29-19(26)13-9-22-24(2)10-13/h4-10H,3,11H2,1-2H3,(H,23,25). The lowest BCUT2D eigenvalue weighted by Crippen LogP contribution is -2.21. The number of aryl methyl sites for hydroxylation is 1. The third-order valence-corrected chi connectivity index (χ3v) is 5.56. The molecule has 0 saturated heterocycles. The Balaban J connectivity index is 1.74. The number of rotatable bonds is 7. The molecule has 30 heavy (non-hydrogen) atoms. The van der Waals surface area contributed by atoms with Crippen molar-refractivity contribution in [2.45, 2.75) is 6.92 Å². The second kappa shape index (κ2) is 9.68. The summed E-state index contributed by atoms with van der Waals surface area (Å²) in [7, 11) is 1.67. The molecule has 1 amide bonds. The van der Waals surface area contributed by atoms with Gasteiger partial charge in [0.1, 0.15) is 4.88 Å². The van der Waals surface area contributed by atoms with Crippen molar-refractivity contribution in [3.63, 3.8) is 0 Å². The second-order valence-corrected chi connectivity index (χ2v) is 8.08. The molecule has 0 radical (unpaired) electrons. The third kappa shape index (κ3) is 5.33. The summed E-state index contributed by atoms with van der Waals surface area (Å²) < 4.78 is 12.5. The number of nitrogens with zero attached hydrogens (tertiary/aromatic N) is 2. The quantitative estimate of drug-likeness (QED) is 0.503. The minimum atomic E-state index is -0.662. The van der Waals surface area contributed by atoms with Gasteiger partial charge in [-0.15, -0.1) is 11.3 Å². The van der Waals surface area contributed by atoms with Crippen molar-refractivity contribution >= 4 is 50.8 Å². The number of thiophene rings is 1. The van der Waals surface area contributed by atoms with Gasteiger partial charge in [-0.1, -0.05) is 28.1 Å². The Morgan fingerprint density at radius 2 is 1.90 bits per heavy atom. The van der Waals surface area contributed by atoms with Gasteiger partial charge in [-0.2, -0.15) is 5.10 Å². The minimum Gasteiger partial charge on any atom is -0.462 e. The summed E-state index contributed by atoms with van der Waals surface area (Å²) in [4.78, 5) is 37.7.